The molecular formula is C13H18FNO3. The van der Waals surface area contributed by atoms with Crippen molar-refractivity contribution in [1.82, 2.24) is 0 Å². The van der Waals surface area contributed by atoms with E-state index in [9.17, 15) is 9.18 Å². The molecule has 0 radical (unpaired) electrons. The highest BCUT2D eigenvalue weighted by molar-refractivity contribution is 5.95. The molecule has 0 saturated heterocycles. The van der Waals surface area contributed by atoms with Crippen LogP contribution in [0.2, 0.25) is 0 Å². The van der Waals surface area contributed by atoms with Crippen molar-refractivity contribution in [2.24, 2.45) is 0 Å². The van der Waals surface area contributed by atoms with Crippen molar-refractivity contribution in [3.05, 3.63) is 29.6 Å². The second-order valence-electron chi connectivity index (χ2n) is 4.01. The molecule has 0 saturated carbocycles. The molecule has 0 bridgehead atoms. The van der Waals surface area contributed by atoms with Crippen LogP contribution in [0.1, 0.15) is 36.0 Å². The summed E-state index contributed by atoms with van der Waals surface area (Å²) >= 11 is 0. The molecule has 1 aromatic carbocycles. The number of halogens is 1. The smallest absolute Gasteiger partial charge is 0.340 e. The molecule has 0 aliphatic heterocycles. The number of carbonyl (C=O) groups excluding carboxylic acids is 1. The molecule has 1 rings (SSSR count). The van der Waals surface area contributed by atoms with Crippen LogP contribution in [0.25, 0.3) is 0 Å². The molecule has 0 spiro atoms. The Labute approximate surface area is 106 Å². The molecule has 1 aromatic rings. The van der Waals surface area contributed by atoms with Crippen molar-refractivity contribution in [3.8, 4) is 0 Å². The first-order chi connectivity index (χ1) is 8.65. The van der Waals surface area contributed by atoms with Gasteiger partial charge in [-0.25, -0.2) is 9.18 Å². The Kier molecular flexibility index (Phi) is 6.14. The summed E-state index contributed by atoms with van der Waals surface area (Å²) in [6, 6.07) is 3.61. The maximum atomic E-state index is 12.9. The van der Waals surface area contributed by atoms with Gasteiger partial charge in [-0.3, -0.25) is 0 Å². The number of hydrogen-bond donors (Lipinski definition) is 2. The summed E-state index contributed by atoms with van der Waals surface area (Å²) in [5.74, 6) is -1.12. The third-order valence-corrected chi connectivity index (χ3v) is 2.52. The monoisotopic (exact) mass is 255 g/mol. The van der Waals surface area contributed by atoms with E-state index in [-0.39, 0.29) is 24.5 Å². The molecule has 4 nitrogen and oxygen atoms in total. The first-order valence-corrected chi connectivity index (χ1v) is 5.98. The quantitative estimate of drug-likeness (QED) is 0.444. The summed E-state index contributed by atoms with van der Waals surface area (Å²) in [6.45, 7) is 0.458. The lowest BCUT2D eigenvalue weighted by Gasteiger charge is -2.07. The van der Waals surface area contributed by atoms with Gasteiger partial charge in [-0.05, 0) is 37.5 Å². The lowest BCUT2D eigenvalue weighted by molar-refractivity contribution is 0.0498. The number of unbranched alkanes of at least 4 members (excludes halogenated alkanes) is 3. The summed E-state index contributed by atoms with van der Waals surface area (Å²) in [5.41, 5.74) is 5.84. The van der Waals surface area contributed by atoms with Crippen molar-refractivity contribution in [3.63, 3.8) is 0 Å². The van der Waals surface area contributed by atoms with Crippen molar-refractivity contribution in [1.29, 1.82) is 0 Å². The van der Waals surface area contributed by atoms with Crippen LogP contribution in [-0.2, 0) is 4.74 Å². The van der Waals surface area contributed by atoms with E-state index in [4.69, 9.17) is 15.6 Å². The number of esters is 1. The second-order valence-corrected chi connectivity index (χ2v) is 4.01. The van der Waals surface area contributed by atoms with Crippen LogP contribution >= 0.6 is 0 Å². The highest BCUT2D eigenvalue weighted by atomic mass is 19.1. The predicted molar refractivity (Wildman–Crippen MR) is 66.6 cm³/mol. The molecule has 0 aromatic heterocycles. The maximum absolute atomic E-state index is 12.9. The number of anilines is 1. The van der Waals surface area contributed by atoms with Gasteiger partial charge in [0.15, 0.2) is 0 Å². The molecule has 0 fully saturated rings. The number of aliphatic hydroxyl groups is 1. The Morgan fingerprint density at radius 3 is 2.72 bits per heavy atom. The second kappa shape index (κ2) is 7.66. The van der Waals surface area contributed by atoms with E-state index in [1.165, 1.54) is 12.1 Å². The van der Waals surface area contributed by atoms with Crippen LogP contribution in [-0.4, -0.2) is 24.3 Å². The van der Waals surface area contributed by atoms with E-state index in [1.54, 1.807) is 0 Å². The third kappa shape index (κ3) is 4.71. The van der Waals surface area contributed by atoms with E-state index in [1.807, 2.05) is 0 Å². The van der Waals surface area contributed by atoms with Gasteiger partial charge in [-0.2, -0.15) is 0 Å². The minimum Gasteiger partial charge on any atom is -0.462 e. The summed E-state index contributed by atoms with van der Waals surface area (Å²) in [6.07, 6.45) is 3.26. The summed E-state index contributed by atoms with van der Waals surface area (Å²) < 4.78 is 17.9. The highest BCUT2D eigenvalue weighted by Crippen LogP contribution is 2.14. The number of carbonyl (C=O) groups is 1. The van der Waals surface area contributed by atoms with E-state index < -0.39 is 11.8 Å². The maximum Gasteiger partial charge on any atom is 0.340 e. The van der Waals surface area contributed by atoms with Gasteiger partial charge in [0.05, 0.1) is 12.2 Å². The number of rotatable bonds is 7. The molecule has 0 unspecified atom stereocenters. The van der Waals surface area contributed by atoms with Crippen LogP contribution in [0, 0.1) is 5.82 Å². The standard InChI is InChI=1S/C13H18FNO3/c14-10-5-6-12(15)11(9-10)13(17)18-8-4-2-1-3-7-16/h5-6,9,16H,1-4,7-8,15H2. The Morgan fingerprint density at radius 1 is 1.28 bits per heavy atom. The minimum atomic E-state index is -0.603. The van der Waals surface area contributed by atoms with E-state index >= 15 is 0 Å². The van der Waals surface area contributed by atoms with Crippen LogP contribution in [0.3, 0.4) is 0 Å². The van der Waals surface area contributed by atoms with Gasteiger partial charge < -0.3 is 15.6 Å². The lowest BCUT2D eigenvalue weighted by atomic mass is 10.2. The largest absolute Gasteiger partial charge is 0.462 e. The van der Waals surface area contributed by atoms with E-state index in [0.29, 0.717) is 0 Å². The molecule has 0 amide bonds. The van der Waals surface area contributed by atoms with Gasteiger partial charge in [0.1, 0.15) is 5.82 Å². The zero-order chi connectivity index (χ0) is 13.4. The van der Waals surface area contributed by atoms with Crippen LogP contribution < -0.4 is 5.73 Å². The Hall–Kier alpha value is -1.62. The van der Waals surface area contributed by atoms with Gasteiger partial charge in [-0.15, -0.1) is 0 Å². The van der Waals surface area contributed by atoms with Gasteiger partial charge in [-0.1, -0.05) is 6.42 Å². The van der Waals surface area contributed by atoms with Crippen LogP contribution in [0.15, 0.2) is 18.2 Å². The Morgan fingerprint density at radius 2 is 2.00 bits per heavy atom. The van der Waals surface area contributed by atoms with Gasteiger partial charge in [0, 0.05) is 12.3 Å². The van der Waals surface area contributed by atoms with E-state index in [0.717, 1.165) is 31.7 Å². The summed E-state index contributed by atoms with van der Waals surface area (Å²) in [5, 5.41) is 8.58. The molecule has 18 heavy (non-hydrogen) atoms. The number of nitrogen functional groups attached to an aromatic ring is 1. The number of benzene rings is 1. The van der Waals surface area contributed by atoms with Gasteiger partial charge >= 0.3 is 5.97 Å². The average molecular weight is 255 g/mol. The van der Waals surface area contributed by atoms with Crippen molar-refractivity contribution >= 4 is 11.7 Å². The topological polar surface area (TPSA) is 72.6 Å². The summed E-state index contributed by atoms with van der Waals surface area (Å²) in [4.78, 5) is 11.6. The Balaban J connectivity index is 2.34. The molecule has 100 valence electrons. The SMILES string of the molecule is Nc1ccc(F)cc1C(=O)OCCCCCCO. The number of aliphatic hydroxyl groups excluding tert-OH is 1. The lowest BCUT2D eigenvalue weighted by Crippen LogP contribution is -2.09. The first-order valence-electron chi connectivity index (χ1n) is 5.98. The molecule has 0 heterocycles. The molecule has 0 atom stereocenters. The number of hydrogen-bond acceptors (Lipinski definition) is 4. The fraction of sp³-hybridized carbons (Fsp3) is 0.462. The molecule has 0 aliphatic carbocycles. The molecule has 3 N–H and O–H groups in total. The highest BCUT2D eigenvalue weighted by Gasteiger charge is 2.11. The zero-order valence-electron chi connectivity index (χ0n) is 10.2. The first kappa shape index (κ1) is 14.4. The number of ether oxygens (including phenoxy) is 1. The fourth-order valence-corrected chi connectivity index (χ4v) is 1.52. The van der Waals surface area contributed by atoms with Crippen molar-refractivity contribution in [2.75, 3.05) is 18.9 Å². The molecular weight excluding hydrogens is 237 g/mol. The average Bonchev–Trinajstić information content (AvgIpc) is 2.36. The van der Waals surface area contributed by atoms with Gasteiger partial charge in [0.2, 0.25) is 0 Å². The molecule has 5 heteroatoms. The van der Waals surface area contributed by atoms with E-state index in [2.05, 4.69) is 0 Å². The normalized spacial score (nSPS) is 10.3. The Bertz CT molecular complexity index is 396. The minimum absolute atomic E-state index is 0.0605. The zero-order valence-corrected chi connectivity index (χ0v) is 10.2. The predicted octanol–water partition coefficient (Wildman–Crippen LogP) is 2.12. The fourth-order valence-electron chi connectivity index (χ4n) is 1.52. The molecule has 0 aliphatic rings. The van der Waals surface area contributed by atoms with Crippen LogP contribution in [0.4, 0.5) is 10.1 Å². The van der Waals surface area contributed by atoms with Crippen molar-refractivity contribution in [2.45, 2.75) is 25.7 Å². The number of nitrogens with two attached hydrogens (primary N) is 1. The van der Waals surface area contributed by atoms with Crippen LogP contribution in [0.5, 0.6) is 0 Å². The summed E-state index contributed by atoms with van der Waals surface area (Å²) in [7, 11) is 0. The van der Waals surface area contributed by atoms with Crippen molar-refractivity contribution < 1.29 is 19.0 Å². The van der Waals surface area contributed by atoms with Gasteiger partial charge in [0.25, 0.3) is 0 Å². The third-order valence-electron chi connectivity index (χ3n) is 2.52.